The van der Waals surface area contributed by atoms with Crippen LogP contribution < -0.4 is 4.74 Å². The molecule has 0 spiro atoms. The van der Waals surface area contributed by atoms with Crippen molar-refractivity contribution in [3.05, 3.63) is 48.0 Å². The van der Waals surface area contributed by atoms with Crippen molar-refractivity contribution >= 4 is 17.7 Å². The second-order valence-corrected chi connectivity index (χ2v) is 10.3. The number of imide groups is 1. The van der Waals surface area contributed by atoms with Gasteiger partial charge in [0.1, 0.15) is 11.6 Å². The smallest absolute Gasteiger partial charge is 0.240 e. The number of aryl methyl sites for hydroxylation is 1. The molecular weight excluding hydrogens is 458 g/mol. The van der Waals surface area contributed by atoms with Crippen molar-refractivity contribution in [3.8, 4) is 5.75 Å². The van der Waals surface area contributed by atoms with Crippen LogP contribution in [0.5, 0.6) is 5.75 Å². The van der Waals surface area contributed by atoms with E-state index in [4.69, 9.17) is 4.74 Å². The van der Waals surface area contributed by atoms with Crippen molar-refractivity contribution in [3.63, 3.8) is 0 Å². The van der Waals surface area contributed by atoms with Crippen LogP contribution in [0, 0.1) is 5.92 Å². The molecular formula is C27H37N5O4. The van der Waals surface area contributed by atoms with Gasteiger partial charge >= 0.3 is 0 Å². The Balaban J connectivity index is 1.50. The fourth-order valence-corrected chi connectivity index (χ4v) is 5.06. The van der Waals surface area contributed by atoms with Gasteiger partial charge in [-0.15, -0.1) is 0 Å². The summed E-state index contributed by atoms with van der Waals surface area (Å²) in [6, 6.07) is 7.20. The van der Waals surface area contributed by atoms with Gasteiger partial charge in [0.05, 0.1) is 19.1 Å². The number of aromatic nitrogens is 2. The molecule has 9 nitrogen and oxygen atoms in total. The van der Waals surface area contributed by atoms with Crippen molar-refractivity contribution in [2.45, 2.75) is 45.1 Å². The summed E-state index contributed by atoms with van der Waals surface area (Å²) in [5.74, 6) is 1.46. The van der Waals surface area contributed by atoms with E-state index >= 15 is 0 Å². The summed E-state index contributed by atoms with van der Waals surface area (Å²) in [6.45, 7) is 7.90. The Bertz CT molecular complexity index is 1090. The number of ether oxygens (including phenoxy) is 1. The predicted octanol–water partition coefficient (Wildman–Crippen LogP) is 2.21. The third-order valence-electron chi connectivity index (χ3n) is 7.45. The number of nitrogens with zero attached hydrogens (tertiary/aromatic N) is 5. The van der Waals surface area contributed by atoms with Gasteiger partial charge in [-0.3, -0.25) is 24.2 Å². The maximum absolute atomic E-state index is 13.8. The van der Waals surface area contributed by atoms with E-state index in [2.05, 4.69) is 23.7 Å². The Morgan fingerprint density at radius 3 is 2.39 bits per heavy atom. The lowest BCUT2D eigenvalue weighted by Gasteiger charge is -2.36. The Morgan fingerprint density at radius 2 is 1.81 bits per heavy atom. The van der Waals surface area contributed by atoms with E-state index in [1.54, 1.807) is 25.4 Å². The number of hydrogen-bond acceptors (Lipinski definition) is 6. The number of amides is 3. The average Bonchev–Trinajstić information content (AvgIpc) is 3.37. The normalized spacial score (nSPS) is 21.0. The number of rotatable bonds is 9. The van der Waals surface area contributed by atoms with Gasteiger partial charge in [-0.2, -0.15) is 0 Å². The molecule has 1 unspecified atom stereocenters. The Hall–Kier alpha value is -3.20. The standard InChI is InChI=1S/C27H37N5O4/c1-20(2)9-11-32-25(34)18-27(26(32)35,21-5-7-22(36-4)8-6-21)17-24(33)31-15-13-30(14-16-31)19-23-28-10-12-29(23)3/h5-8,10,12,20H,9,11,13-19H2,1-4H3. The minimum absolute atomic E-state index is 0.0125. The van der Waals surface area contributed by atoms with Crippen LogP contribution in [0.4, 0.5) is 0 Å². The van der Waals surface area contributed by atoms with Crippen LogP contribution in [0.25, 0.3) is 0 Å². The van der Waals surface area contributed by atoms with E-state index in [0.29, 0.717) is 36.9 Å². The zero-order valence-corrected chi connectivity index (χ0v) is 21.8. The monoisotopic (exact) mass is 495 g/mol. The number of likely N-dealkylation sites (tertiary alicyclic amines) is 1. The van der Waals surface area contributed by atoms with E-state index in [-0.39, 0.29) is 30.6 Å². The lowest BCUT2D eigenvalue weighted by Crippen LogP contribution is -2.50. The van der Waals surface area contributed by atoms with Crippen LogP contribution >= 0.6 is 0 Å². The molecule has 2 fully saturated rings. The largest absolute Gasteiger partial charge is 0.497 e. The molecule has 2 aromatic rings. The molecule has 2 aliphatic rings. The van der Waals surface area contributed by atoms with E-state index < -0.39 is 5.41 Å². The molecule has 9 heteroatoms. The highest BCUT2D eigenvalue weighted by Gasteiger charge is 2.54. The molecule has 1 aromatic heterocycles. The molecule has 2 aliphatic heterocycles. The molecule has 36 heavy (non-hydrogen) atoms. The molecule has 3 amide bonds. The summed E-state index contributed by atoms with van der Waals surface area (Å²) in [4.78, 5) is 50.2. The molecule has 4 rings (SSSR count). The quantitative estimate of drug-likeness (QED) is 0.496. The van der Waals surface area contributed by atoms with Crippen molar-refractivity contribution in [1.29, 1.82) is 0 Å². The molecule has 2 saturated heterocycles. The Morgan fingerprint density at radius 1 is 1.11 bits per heavy atom. The molecule has 3 heterocycles. The summed E-state index contributed by atoms with van der Waals surface area (Å²) in [7, 11) is 3.56. The Kier molecular flexibility index (Phi) is 7.78. The van der Waals surface area contributed by atoms with Gasteiger partial charge in [-0.05, 0) is 30.0 Å². The van der Waals surface area contributed by atoms with Crippen LogP contribution in [0.2, 0.25) is 0 Å². The molecule has 0 aliphatic carbocycles. The van der Waals surface area contributed by atoms with Crippen LogP contribution in [0.1, 0.15) is 44.5 Å². The van der Waals surface area contributed by atoms with Crippen molar-refractivity contribution in [1.82, 2.24) is 24.3 Å². The molecule has 1 aromatic carbocycles. The van der Waals surface area contributed by atoms with E-state index in [0.717, 1.165) is 31.9 Å². The van der Waals surface area contributed by atoms with E-state index in [1.807, 2.05) is 34.8 Å². The second kappa shape index (κ2) is 10.8. The minimum atomic E-state index is -1.18. The third kappa shape index (κ3) is 5.31. The average molecular weight is 496 g/mol. The fraction of sp³-hybridized carbons (Fsp3) is 0.556. The molecule has 0 bridgehead atoms. The molecule has 0 radical (unpaired) electrons. The second-order valence-electron chi connectivity index (χ2n) is 10.3. The lowest BCUT2D eigenvalue weighted by atomic mass is 9.75. The third-order valence-corrected chi connectivity index (χ3v) is 7.45. The number of piperazine rings is 1. The predicted molar refractivity (Wildman–Crippen MR) is 135 cm³/mol. The first-order valence-corrected chi connectivity index (χ1v) is 12.7. The van der Waals surface area contributed by atoms with Gasteiger partial charge in [0, 0.05) is 65.0 Å². The molecule has 1 atom stereocenters. The van der Waals surface area contributed by atoms with Gasteiger partial charge in [-0.1, -0.05) is 26.0 Å². The van der Waals surface area contributed by atoms with Crippen LogP contribution in [-0.2, 0) is 33.4 Å². The number of imidazole rings is 1. The first-order valence-electron chi connectivity index (χ1n) is 12.7. The minimum Gasteiger partial charge on any atom is -0.497 e. The number of benzene rings is 1. The van der Waals surface area contributed by atoms with Crippen molar-refractivity contribution < 1.29 is 19.1 Å². The fourth-order valence-electron chi connectivity index (χ4n) is 5.06. The molecule has 0 saturated carbocycles. The number of carbonyl (C=O) groups is 3. The first kappa shape index (κ1) is 25.9. The van der Waals surface area contributed by atoms with Crippen LogP contribution in [-0.4, -0.2) is 81.8 Å². The highest BCUT2D eigenvalue weighted by atomic mass is 16.5. The zero-order chi connectivity index (χ0) is 25.9. The molecule has 0 N–H and O–H groups in total. The summed E-state index contributed by atoms with van der Waals surface area (Å²) >= 11 is 0. The van der Waals surface area contributed by atoms with E-state index in [9.17, 15) is 14.4 Å². The molecule has 194 valence electrons. The lowest BCUT2D eigenvalue weighted by molar-refractivity contribution is -0.143. The van der Waals surface area contributed by atoms with Gasteiger partial charge in [0.2, 0.25) is 17.7 Å². The van der Waals surface area contributed by atoms with Crippen molar-refractivity contribution in [2.75, 3.05) is 39.8 Å². The van der Waals surface area contributed by atoms with Gasteiger partial charge in [0.15, 0.2) is 0 Å². The zero-order valence-electron chi connectivity index (χ0n) is 21.8. The van der Waals surface area contributed by atoms with Gasteiger partial charge < -0.3 is 14.2 Å². The first-order chi connectivity index (χ1) is 17.2. The van der Waals surface area contributed by atoms with Gasteiger partial charge in [0.25, 0.3) is 0 Å². The topological polar surface area (TPSA) is 88.0 Å². The van der Waals surface area contributed by atoms with Crippen molar-refractivity contribution in [2.24, 2.45) is 13.0 Å². The summed E-state index contributed by atoms with van der Waals surface area (Å²) in [5, 5.41) is 0. The summed E-state index contributed by atoms with van der Waals surface area (Å²) in [6.07, 6.45) is 4.46. The highest BCUT2D eigenvalue weighted by molar-refractivity contribution is 6.10. The Labute approximate surface area is 213 Å². The summed E-state index contributed by atoms with van der Waals surface area (Å²) in [5.41, 5.74) is -0.489. The van der Waals surface area contributed by atoms with E-state index in [1.165, 1.54) is 4.90 Å². The number of hydrogen-bond donors (Lipinski definition) is 0. The number of carbonyl (C=O) groups excluding carboxylic acids is 3. The summed E-state index contributed by atoms with van der Waals surface area (Å²) < 4.78 is 7.29. The number of methoxy groups -OCH3 is 1. The SMILES string of the molecule is COc1ccc(C2(CC(=O)N3CCN(Cc4nccn4C)CC3)CC(=O)N(CCC(C)C)C2=O)cc1. The van der Waals surface area contributed by atoms with Crippen LogP contribution in [0.15, 0.2) is 36.7 Å². The van der Waals surface area contributed by atoms with Gasteiger partial charge in [-0.25, -0.2) is 4.98 Å². The maximum Gasteiger partial charge on any atom is 0.240 e. The maximum atomic E-state index is 13.8. The highest BCUT2D eigenvalue weighted by Crippen LogP contribution is 2.41. The van der Waals surface area contributed by atoms with Crippen LogP contribution in [0.3, 0.4) is 0 Å².